The predicted molar refractivity (Wildman–Crippen MR) is 65.7 cm³/mol. The molecule has 0 amide bonds. The van der Waals surface area contributed by atoms with Gasteiger partial charge < -0.3 is 4.41 Å². The van der Waals surface area contributed by atoms with Crippen LogP contribution >= 0.6 is 35.4 Å². The van der Waals surface area contributed by atoms with Crippen LogP contribution in [0.1, 0.15) is 13.8 Å². The van der Waals surface area contributed by atoms with Crippen LogP contribution in [-0.4, -0.2) is 13.9 Å². The fourth-order valence-electron chi connectivity index (χ4n) is 0.515. The van der Waals surface area contributed by atoms with E-state index in [0.29, 0.717) is 5.66 Å². The number of rotatable bonds is 2. The lowest BCUT2D eigenvalue weighted by molar-refractivity contribution is 1.10. The van der Waals surface area contributed by atoms with Gasteiger partial charge >= 0.3 is 0 Å². The lowest BCUT2D eigenvalue weighted by atomic mass is 10.6. The van der Waals surface area contributed by atoms with Crippen molar-refractivity contribution in [1.82, 2.24) is 0 Å². The molecule has 0 saturated heterocycles. The molecular weight excluding hydrogens is 305 g/mol. The number of halogens is 2. The molecule has 1 nitrogen and oxygen atoms in total. The highest BCUT2D eigenvalue weighted by atomic mass is 79.9. The van der Waals surface area contributed by atoms with E-state index >= 15 is 0 Å². The van der Waals surface area contributed by atoms with E-state index in [1.165, 1.54) is 0 Å². The van der Waals surface area contributed by atoms with Gasteiger partial charge in [-0.3, -0.25) is 0 Å². The maximum atomic E-state index is 4.82. The van der Waals surface area contributed by atoms with Crippen LogP contribution in [0.4, 0.5) is 0 Å². The molecule has 0 aliphatic carbocycles. The molecule has 0 aromatic heterocycles. The molecule has 68 valence electrons. The third kappa shape index (κ3) is 5.62. The molecule has 0 bridgehead atoms. The van der Waals surface area contributed by atoms with Crippen LogP contribution in [0.5, 0.6) is 0 Å². The van der Waals surface area contributed by atoms with Crippen molar-refractivity contribution in [1.29, 1.82) is 0 Å². The van der Waals surface area contributed by atoms with E-state index in [0.717, 1.165) is 0 Å². The molecule has 0 aliphatic heterocycles. The van der Waals surface area contributed by atoms with Gasteiger partial charge in [-0.05, 0) is 31.0 Å². The number of nitrogens with zero attached hydrogens (tertiary/aromatic N) is 1. The summed E-state index contributed by atoms with van der Waals surface area (Å²) < 4.78 is 3.50. The maximum Gasteiger partial charge on any atom is 0.172 e. The third-order valence-corrected chi connectivity index (χ3v) is 13.5. The average Bonchev–Trinajstić information content (AvgIpc) is 1.56. The molecule has 0 radical (unpaired) electrons. The van der Waals surface area contributed by atoms with Crippen molar-refractivity contribution in [3.8, 4) is 0 Å². The van der Waals surface area contributed by atoms with E-state index in [4.69, 9.17) is 4.41 Å². The zero-order valence-corrected chi connectivity index (χ0v) is 12.8. The van der Waals surface area contributed by atoms with Crippen molar-refractivity contribution in [2.24, 2.45) is 4.41 Å². The summed E-state index contributed by atoms with van der Waals surface area (Å²) in [6, 6.07) is 0. The summed E-state index contributed by atoms with van der Waals surface area (Å²) >= 11 is 7.36. The van der Waals surface area contributed by atoms with Crippen LogP contribution in [0.15, 0.2) is 4.41 Å². The van der Waals surface area contributed by atoms with Gasteiger partial charge in [0.2, 0.25) is 0 Å². The lowest BCUT2D eigenvalue weighted by Gasteiger charge is -2.20. The second kappa shape index (κ2) is 4.08. The monoisotopic (exact) mass is 319 g/mol. The van der Waals surface area contributed by atoms with Crippen LogP contribution in [0.25, 0.3) is 0 Å². The Morgan fingerprint density at radius 1 is 1.18 bits per heavy atom. The Labute approximate surface area is 87.0 Å². The molecule has 0 heterocycles. The van der Waals surface area contributed by atoms with E-state index in [9.17, 15) is 0 Å². The average molecular weight is 321 g/mol. The Hall–Kier alpha value is 1.41. The minimum Gasteiger partial charge on any atom is -0.318 e. The predicted octanol–water partition coefficient (Wildman–Crippen LogP) is 5.05. The van der Waals surface area contributed by atoms with E-state index in [1.54, 1.807) is 0 Å². The van der Waals surface area contributed by atoms with Crippen LogP contribution in [0.3, 0.4) is 0 Å². The molecule has 0 unspecified atom stereocenters. The summed E-state index contributed by atoms with van der Waals surface area (Å²) in [5, 5.41) is 0. The van der Waals surface area contributed by atoms with Gasteiger partial charge in [0.05, 0.1) is 4.46 Å². The van der Waals surface area contributed by atoms with Crippen molar-refractivity contribution in [2.75, 3.05) is 0 Å². The van der Waals surface area contributed by atoms with Crippen molar-refractivity contribution in [3.63, 3.8) is 0 Å². The summed E-state index contributed by atoms with van der Waals surface area (Å²) in [4.78, 5) is 0. The topological polar surface area (TPSA) is 12.4 Å². The van der Waals surface area contributed by atoms with Gasteiger partial charge in [-0.1, -0.05) is 33.5 Å². The molecule has 0 spiro atoms. The van der Waals surface area contributed by atoms with E-state index < -0.39 is 12.7 Å². The molecule has 0 aromatic carbocycles. The van der Waals surface area contributed by atoms with Crippen LogP contribution in [0, 0.1) is 0 Å². The van der Waals surface area contributed by atoms with Crippen molar-refractivity contribution in [3.05, 3.63) is 0 Å². The highest BCUT2D eigenvalue weighted by Crippen LogP contribution is 2.69. The van der Waals surface area contributed by atoms with Gasteiger partial charge in [0.25, 0.3) is 0 Å². The zero-order chi connectivity index (χ0) is 9.28. The first-order chi connectivity index (χ1) is 4.65. The molecule has 0 atom stereocenters. The molecule has 0 aliphatic rings. The summed E-state index contributed by atoms with van der Waals surface area (Å²) in [6.45, 7) is 11.2. The van der Waals surface area contributed by atoms with Gasteiger partial charge in [0.15, 0.2) is 8.24 Å². The second-order valence-corrected chi connectivity index (χ2v) is 20.5. The second-order valence-electron chi connectivity index (χ2n) is 3.89. The molecule has 0 N–H and O–H groups in total. The number of hydrogen-bond acceptors (Lipinski definition) is 1. The zero-order valence-electron chi connectivity index (χ0n) is 7.73. The summed E-state index contributed by atoms with van der Waals surface area (Å²) in [7, 11) is -1.27. The van der Waals surface area contributed by atoms with Gasteiger partial charge in [0, 0.05) is 5.66 Å². The Kier molecular flexibility index (Phi) is 4.60. The summed E-state index contributed by atoms with van der Waals surface area (Å²) in [5.74, 6) is 0. The van der Waals surface area contributed by atoms with Crippen molar-refractivity contribution >= 4 is 43.7 Å². The maximum absolute atomic E-state index is 4.82. The summed E-state index contributed by atoms with van der Waals surface area (Å²) in [6.07, 6.45) is 0. The molecule has 11 heavy (non-hydrogen) atoms. The molecular formula is C6H16Br2NPSi. The quantitative estimate of drug-likeness (QED) is 0.498. The van der Waals surface area contributed by atoms with Gasteiger partial charge in [0.1, 0.15) is 0 Å². The standard InChI is InChI=1S/C6H16Br2NPSi/c1-6(2)10(7,8)9-11(3,4)5/h6H,1-5H3. The first-order valence-corrected chi connectivity index (χ1v) is 13.0. The highest BCUT2D eigenvalue weighted by molar-refractivity contribution is 9.71. The Morgan fingerprint density at radius 3 is 1.64 bits per heavy atom. The molecule has 5 heteroatoms. The SMILES string of the molecule is CC(C)P(Br)(Br)=N[Si](C)(C)C. The first-order valence-electron chi connectivity index (χ1n) is 3.67. The largest absolute Gasteiger partial charge is 0.318 e. The van der Waals surface area contributed by atoms with E-state index in [1.807, 2.05) is 0 Å². The fraction of sp³-hybridized carbons (Fsp3) is 1.00. The molecule has 0 rings (SSSR count). The molecule has 0 aromatic rings. The van der Waals surface area contributed by atoms with Gasteiger partial charge in [-0.15, -0.1) is 0 Å². The van der Waals surface area contributed by atoms with E-state index in [-0.39, 0.29) is 0 Å². The number of hydrogen-bond donors (Lipinski definition) is 0. The van der Waals surface area contributed by atoms with Crippen LogP contribution < -0.4 is 0 Å². The van der Waals surface area contributed by atoms with Gasteiger partial charge in [-0.25, -0.2) is 0 Å². The fourth-order valence-corrected chi connectivity index (χ4v) is 13.2. The molecule has 0 saturated carbocycles. The summed E-state index contributed by atoms with van der Waals surface area (Å²) in [5.41, 5.74) is 0.592. The Morgan fingerprint density at radius 2 is 1.55 bits per heavy atom. The normalized spacial score (nSPS) is 13.8. The Balaban J connectivity index is 4.67. The smallest absolute Gasteiger partial charge is 0.172 e. The van der Waals surface area contributed by atoms with Crippen LogP contribution in [0.2, 0.25) is 19.6 Å². The Bertz CT molecular complexity index is 180. The van der Waals surface area contributed by atoms with E-state index in [2.05, 4.69) is 64.5 Å². The first kappa shape index (κ1) is 12.4. The molecule has 0 fully saturated rings. The van der Waals surface area contributed by atoms with Crippen molar-refractivity contribution in [2.45, 2.75) is 39.1 Å². The minimum atomic E-state index is -1.32. The highest BCUT2D eigenvalue weighted by Gasteiger charge is 2.21. The third-order valence-electron chi connectivity index (χ3n) is 1.05. The van der Waals surface area contributed by atoms with Crippen molar-refractivity contribution < 1.29 is 0 Å². The minimum absolute atomic E-state index is 0.592. The lowest BCUT2D eigenvalue weighted by Crippen LogP contribution is -2.15. The van der Waals surface area contributed by atoms with Gasteiger partial charge in [-0.2, -0.15) is 0 Å². The van der Waals surface area contributed by atoms with Crippen LogP contribution in [-0.2, 0) is 0 Å².